The quantitative estimate of drug-likeness (QED) is 0.675. The van der Waals surface area contributed by atoms with E-state index in [0.29, 0.717) is 17.1 Å². The standard InChI is InChI=1S/C12H16N6O3/c1-7-5-11(18(20)21)15-17(7)9(3)12(19)13-10-6-16(4)14-8(10)2/h5-6,9H,1-4H3,(H,13,19). The number of carbonyl (C=O) groups is 1. The maximum absolute atomic E-state index is 12.2. The summed E-state index contributed by atoms with van der Waals surface area (Å²) in [7, 11) is 1.76. The van der Waals surface area contributed by atoms with Crippen LogP contribution in [0.15, 0.2) is 12.3 Å². The molecule has 0 spiro atoms. The fraction of sp³-hybridized carbons (Fsp3) is 0.417. The van der Waals surface area contributed by atoms with Gasteiger partial charge in [0, 0.05) is 13.2 Å². The first kappa shape index (κ1) is 14.7. The van der Waals surface area contributed by atoms with Gasteiger partial charge in [0.25, 0.3) is 5.91 Å². The molecular weight excluding hydrogens is 276 g/mol. The first-order valence-corrected chi connectivity index (χ1v) is 6.31. The van der Waals surface area contributed by atoms with E-state index >= 15 is 0 Å². The molecule has 0 aliphatic heterocycles. The number of carbonyl (C=O) groups excluding carboxylic acids is 1. The highest BCUT2D eigenvalue weighted by molar-refractivity contribution is 5.93. The molecule has 112 valence electrons. The lowest BCUT2D eigenvalue weighted by Crippen LogP contribution is -2.25. The zero-order chi connectivity index (χ0) is 15.7. The Labute approximate surface area is 120 Å². The minimum Gasteiger partial charge on any atom is -0.358 e. The van der Waals surface area contributed by atoms with Crippen molar-refractivity contribution in [1.82, 2.24) is 19.6 Å². The lowest BCUT2D eigenvalue weighted by molar-refractivity contribution is -0.389. The number of hydrogen-bond acceptors (Lipinski definition) is 5. The summed E-state index contributed by atoms with van der Waals surface area (Å²) in [5.74, 6) is -0.586. The molecule has 1 unspecified atom stereocenters. The number of amides is 1. The molecule has 0 radical (unpaired) electrons. The summed E-state index contributed by atoms with van der Waals surface area (Å²) in [5.41, 5.74) is 1.85. The van der Waals surface area contributed by atoms with Crippen LogP contribution in [0.2, 0.25) is 0 Å². The van der Waals surface area contributed by atoms with Gasteiger partial charge in [0.15, 0.2) is 0 Å². The SMILES string of the molecule is Cc1nn(C)cc1NC(=O)C(C)n1nc([N+](=O)[O-])cc1C. The van der Waals surface area contributed by atoms with Crippen LogP contribution >= 0.6 is 0 Å². The molecule has 2 rings (SSSR count). The van der Waals surface area contributed by atoms with Crippen molar-refractivity contribution in [3.8, 4) is 0 Å². The van der Waals surface area contributed by atoms with E-state index in [-0.39, 0.29) is 11.7 Å². The molecule has 2 aromatic rings. The van der Waals surface area contributed by atoms with Gasteiger partial charge in [-0.15, -0.1) is 0 Å². The Morgan fingerprint density at radius 1 is 1.43 bits per heavy atom. The van der Waals surface area contributed by atoms with Crippen LogP contribution in [0.5, 0.6) is 0 Å². The number of nitro groups is 1. The Balaban J connectivity index is 2.19. The maximum Gasteiger partial charge on any atom is 0.390 e. The van der Waals surface area contributed by atoms with Crippen LogP contribution in [-0.4, -0.2) is 30.4 Å². The monoisotopic (exact) mass is 292 g/mol. The topological polar surface area (TPSA) is 108 Å². The molecule has 1 amide bonds. The number of nitrogens with zero attached hydrogens (tertiary/aromatic N) is 5. The first-order valence-electron chi connectivity index (χ1n) is 6.31. The lowest BCUT2D eigenvalue weighted by atomic mass is 10.3. The van der Waals surface area contributed by atoms with Crippen LogP contribution in [0.25, 0.3) is 0 Å². The predicted octanol–water partition coefficient (Wildman–Crippen LogP) is 1.34. The van der Waals surface area contributed by atoms with Gasteiger partial charge in [0.05, 0.1) is 28.2 Å². The van der Waals surface area contributed by atoms with Crippen molar-refractivity contribution in [3.05, 3.63) is 33.8 Å². The fourth-order valence-electron chi connectivity index (χ4n) is 2.02. The highest BCUT2D eigenvalue weighted by Crippen LogP contribution is 2.18. The van der Waals surface area contributed by atoms with E-state index in [1.165, 1.54) is 10.7 Å². The molecule has 1 N–H and O–H groups in total. The van der Waals surface area contributed by atoms with Crippen LogP contribution < -0.4 is 5.32 Å². The zero-order valence-corrected chi connectivity index (χ0v) is 12.2. The minimum absolute atomic E-state index is 0.273. The molecule has 0 saturated heterocycles. The van der Waals surface area contributed by atoms with Gasteiger partial charge < -0.3 is 15.4 Å². The summed E-state index contributed by atoms with van der Waals surface area (Å²) in [5, 5.41) is 21.4. The van der Waals surface area contributed by atoms with E-state index in [2.05, 4.69) is 15.5 Å². The molecule has 0 aliphatic carbocycles. The van der Waals surface area contributed by atoms with Gasteiger partial charge in [0.1, 0.15) is 6.04 Å². The first-order chi connectivity index (χ1) is 9.79. The van der Waals surface area contributed by atoms with Crippen molar-refractivity contribution in [1.29, 1.82) is 0 Å². The van der Waals surface area contributed by atoms with E-state index in [1.807, 2.05) is 0 Å². The van der Waals surface area contributed by atoms with Crippen molar-refractivity contribution in [2.45, 2.75) is 26.8 Å². The Morgan fingerprint density at radius 2 is 2.10 bits per heavy atom. The van der Waals surface area contributed by atoms with Crippen LogP contribution in [0.3, 0.4) is 0 Å². The van der Waals surface area contributed by atoms with Gasteiger partial charge >= 0.3 is 5.82 Å². The van der Waals surface area contributed by atoms with Gasteiger partial charge in [-0.2, -0.15) is 9.78 Å². The van der Waals surface area contributed by atoms with Crippen molar-refractivity contribution in [2.24, 2.45) is 7.05 Å². The van der Waals surface area contributed by atoms with Crippen LogP contribution in [-0.2, 0) is 11.8 Å². The summed E-state index contributed by atoms with van der Waals surface area (Å²) in [6.45, 7) is 5.08. The molecule has 0 aliphatic rings. The van der Waals surface area contributed by atoms with Crippen LogP contribution in [0.1, 0.15) is 24.4 Å². The second-order valence-corrected chi connectivity index (χ2v) is 4.81. The van der Waals surface area contributed by atoms with Crippen molar-refractivity contribution in [3.63, 3.8) is 0 Å². The van der Waals surface area contributed by atoms with Gasteiger partial charge in [-0.3, -0.25) is 9.48 Å². The van der Waals surface area contributed by atoms with E-state index in [0.717, 1.165) is 0 Å². The van der Waals surface area contributed by atoms with Crippen LogP contribution in [0, 0.1) is 24.0 Å². The van der Waals surface area contributed by atoms with Crippen molar-refractivity contribution >= 4 is 17.4 Å². The largest absolute Gasteiger partial charge is 0.390 e. The number of rotatable bonds is 4. The minimum atomic E-state index is -0.668. The summed E-state index contributed by atoms with van der Waals surface area (Å²) in [4.78, 5) is 22.4. The van der Waals surface area contributed by atoms with E-state index in [4.69, 9.17) is 0 Å². The van der Waals surface area contributed by atoms with Crippen molar-refractivity contribution < 1.29 is 9.72 Å². The average molecular weight is 292 g/mol. The molecule has 0 bridgehead atoms. The molecule has 0 fully saturated rings. The Hall–Kier alpha value is -2.71. The van der Waals surface area contributed by atoms with E-state index < -0.39 is 11.0 Å². The second-order valence-electron chi connectivity index (χ2n) is 4.81. The molecule has 0 aromatic carbocycles. The Bertz CT molecular complexity index is 702. The van der Waals surface area contributed by atoms with Gasteiger partial charge in [-0.05, 0) is 25.7 Å². The summed E-state index contributed by atoms with van der Waals surface area (Å²) in [6.07, 6.45) is 1.69. The zero-order valence-electron chi connectivity index (χ0n) is 12.2. The second kappa shape index (κ2) is 5.35. The third-order valence-electron chi connectivity index (χ3n) is 3.11. The Morgan fingerprint density at radius 3 is 2.57 bits per heavy atom. The number of aryl methyl sites for hydroxylation is 3. The highest BCUT2D eigenvalue weighted by atomic mass is 16.6. The molecule has 0 saturated carbocycles. The molecule has 2 heterocycles. The smallest absolute Gasteiger partial charge is 0.358 e. The Kier molecular flexibility index (Phi) is 3.74. The number of nitrogens with one attached hydrogen (secondary N) is 1. The third-order valence-corrected chi connectivity index (χ3v) is 3.11. The molecule has 1 atom stereocenters. The number of anilines is 1. The van der Waals surface area contributed by atoms with Gasteiger partial charge in [-0.25, -0.2) is 0 Å². The summed E-state index contributed by atoms with van der Waals surface area (Å²) >= 11 is 0. The predicted molar refractivity (Wildman–Crippen MR) is 74.9 cm³/mol. The highest BCUT2D eigenvalue weighted by Gasteiger charge is 2.25. The lowest BCUT2D eigenvalue weighted by Gasteiger charge is -2.10. The van der Waals surface area contributed by atoms with E-state index in [9.17, 15) is 14.9 Å². The molecule has 9 heteroatoms. The molecule has 2 aromatic heterocycles. The van der Waals surface area contributed by atoms with Crippen LogP contribution in [0.4, 0.5) is 11.5 Å². The third kappa shape index (κ3) is 2.91. The van der Waals surface area contributed by atoms with Gasteiger partial charge in [0.2, 0.25) is 0 Å². The normalized spacial score (nSPS) is 12.2. The fourth-order valence-corrected chi connectivity index (χ4v) is 2.02. The van der Waals surface area contributed by atoms with Gasteiger partial charge in [-0.1, -0.05) is 0 Å². The molecule has 21 heavy (non-hydrogen) atoms. The molecular formula is C12H16N6O3. The van der Waals surface area contributed by atoms with Crippen molar-refractivity contribution in [2.75, 3.05) is 5.32 Å². The average Bonchev–Trinajstić information content (AvgIpc) is 2.92. The summed E-state index contributed by atoms with van der Waals surface area (Å²) < 4.78 is 2.93. The van der Waals surface area contributed by atoms with E-state index in [1.54, 1.807) is 38.7 Å². The summed E-state index contributed by atoms with van der Waals surface area (Å²) in [6, 6.07) is 0.664. The number of aromatic nitrogens is 4. The number of hydrogen-bond donors (Lipinski definition) is 1. The maximum atomic E-state index is 12.2. The molecule has 9 nitrogen and oxygen atoms in total.